The molecule has 0 atom stereocenters. The van der Waals surface area contributed by atoms with Gasteiger partial charge >= 0.3 is 5.97 Å². The molecule has 26 heavy (non-hydrogen) atoms. The highest BCUT2D eigenvalue weighted by Crippen LogP contribution is 2.19. The molecule has 0 aliphatic carbocycles. The summed E-state index contributed by atoms with van der Waals surface area (Å²) >= 11 is 1.52. The number of hydrogen-bond acceptors (Lipinski definition) is 8. The van der Waals surface area contributed by atoms with Crippen LogP contribution in [-0.2, 0) is 16.1 Å². The maximum atomic E-state index is 12.1. The number of aromatic nitrogens is 2. The van der Waals surface area contributed by atoms with Crippen LogP contribution >= 0.6 is 11.3 Å². The molecule has 0 radical (unpaired) electrons. The average molecular weight is 373 g/mol. The molecule has 2 heterocycles. The molecule has 1 amide bonds. The van der Waals surface area contributed by atoms with E-state index in [9.17, 15) is 9.59 Å². The number of nitrogens with one attached hydrogen (secondary N) is 1. The Labute approximate surface area is 152 Å². The predicted molar refractivity (Wildman–Crippen MR) is 92.7 cm³/mol. The highest BCUT2D eigenvalue weighted by molar-refractivity contribution is 7.08. The second-order valence-corrected chi connectivity index (χ2v) is 5.85. The van der Waals surface area contributed by atoms with Gasteiger partial charge in [0.2, 0.25) is 5.82 Å². The lowest BCUT2D eigenvalue weighted by atomic mass is 10.2. The van der Waals surface area contributed by atoms with Crippen molar-refractivity contribution in [2.75, 3.05) is 13.7 Å². The zero-order valence-corrected chi connectivity index (χ0v) is 14.6. The number of carbonyl (C=O) groups excluding carboxylic acids is 2. The zero-order valence-electron chi connectivity index (χ0n) is 13.8. The number of methoxy groups -OCH3 is 1. The highest BCUT2D eigenvalue weighted by Gasteiger charge is 2.14. The summed E-state index contributed by atoms with van der Waals surface area (Å²) in [7, 11) is 1.47. The second kappa shape index (κ2) is 8.26. The number of hydrogen-bond donors (Lipinski definition) is 1. The van der Waals surface area contributed by atoms with Gasteiger partial charge in [-0.15, -0.1) is 0 Å². The van der Waals surface area contributed by atoms with E-state index in [0.29, 0.717) is 17.1 Å². The first-order chi connectivity index (χ1) is 12.7. The topological polar surface area (TPSA) is 104 Å². The van der Waals surface area contributed by atoms with Crippen molar-refractivity contribution in [2.24, 2.45) is 0 Å². The van der Waals surface area contributed by atoms with E-state index in [2.05, 4.69) is 15.5 Å². The van der Waals surface area contributed by atoms with Crippen molar-refractivity contribution in [1.29, 1.82) is 0 Å². The van der Waals surface area contributed by atoms with E-state index in [4.69, 9.17) is 14.0 Å². The van der Waals surface area contributed by atoms with Crippen LogP contribution in [0.1, 0.15) is 16.2 Å². The van der Waals surface area contributed by atoms with Crippen LogP contribution in [0.5, 0.6) is 5.75 Å². The third kappa shape index (κ3) is 4.25. The molecule has 3 rings (SSSR count). The summed E-state index contributed by atoms with van der Waals surface area (Å²) in [4.78, 5) is 28.0. The van der Waals surface area contributed by atoms with Crippen LogP contribution in [0.4, 0.5) is 0 Å². The second-order valence-electron chi connectivity index (χ2n) is 5.07. The molecule has 1 N–H and O–H groups in total. The zero-order chi connectivity index (χ0) is 18.4. The van der Waals surface area contributed by atoms with Crippen LogP contribution in [0.2, 0.25) is 0 Å². The normalized spacial score (nSPS) is 10.3. The van der Waals surface area contributed by atoms with Crippen molar-refractivity contribution >= 4 is 23.2 Å². The van der Waals surface area contributed by atoms with E-state index >= 15 is 0 Å². The van der Waals surface area contributed by atoms with Crippen LogP contribution in [0.25, 0.3) is 11.4 Å². The maximum absolute atomic E-state index is 12.1. The van der Waals surface area contributed by atoms with Gasteiger partial charge in [-0.3, -0.25) is 9.59 Å². The fourth-order valence-electron chi connectivity index (χ4n) is 2.10. The smallest absolute Gasteiger partial charge is 0.325 e. The van der Waals surface area contributed by atoms with E-state index in [1.807, 2.05) is 16.8 Å². The first-order valence-electron chi connectivity index (χ1n) is 7.59. The number of nitrogens with zero attached hydrogens (tertiary/aromatic N) is 2. The van der Waals surface area contributed by atoms with Gasteiger partial charge in [-0.2, -0.15) is 16.3 Å². The monoisotopic (exact) mass is 373 g/mol. The summed E-state index contributed by atoms with van der Waals surface area (Å²) in [6.07, 6.45) is 0. The molecule has 0 unspecified atom stereocenters. The Morgan fingerprint density at radius 1 is 1.27 bits per heavy atom. The number of rotatable bonds is 7. The van der Waals surface area contributed by atoms with Crippen LogP contribution in [0.3, 0.4) is 0 Å². The van der Waals surface area contributed by atoms with Gasteiger partial charge in [0.1, 0.15) is 12.3 Å². The molecule has 0 aliphatic heterocycles. The number of benzene rings is 1. The van der Waals surface area contributed by atoms with Gasteiger partial charge in [-0.05, 0) is 23.6 Å². The Bertz CT molecular complexity index is 891. The van der Waals surface area contributed by atoms with E-state index in [-0.39, 0.29) is 19.0 Å². The number of esters is 1. The van der Waals surface area contributed by atoms with Crippen LogP contribution in [-0.4, -0.2) is 35.7 Å². The summed E-state index contributed by atoms with van der Waals surface area (Å²) in [5.41, 5.74) is 1.17. The molecular formula is C17H15N3O5S. The Morgan fingerprint density at radius 3 is 2.88 bits per heavy atom. The van der Waals surface area contributed by atoms with Crippen LogP contribution < -0.4 is 10.1 Å². The molecule has 2 aromatic heterocycles. The van der Waals surface area contributed by atoms with E-state index < -0.39 is 11.9 Å². The SMILES string of the molecule is COc1ccccc1C(=O)NCC(=O)OCc1nc(-c2ccsc2)no1. The first-order valence-corrected chi connectivity index (χ1v) is 8.53. The van der Waals surface area contributed by atoms with Crippen molar-refractivity contribution in [3.8, 4) is 17.1 Å². The summed E-state index contributed by atoms with van der Waals surface area (Å²) in [5.74, 6) is -0.0250. The van der Waals surface area contributed by atoms with Crippen molar-refractivity contribution in [1.82, 2.24) is 15.5 Å². The number of ether oxygens (including phenoxy) is 2. The van der Waals surface area contributed by atoms with Gasteiger partial charge < -0.3 is 19.3 Å². The van der Waals surface area contributed by atoms with Crippen molar-refractivity contribution in [3.05, 3.63) is 52.5 Å². The lowest BCUT2D eigenvalue weighted by Crippen LogP contribution is -2.30. The molecule has 0 saturated carbocycles. The Balaban J connectivity index is 1.48. The molecule has 8 nitrogen and oxygen atoms in total. The van der Waals surface area contributed by atoms with Crippen molar-refractivity contribution in [3.63, 3.8) is 0 Å². The minimum Gasteiger partial charge on any atom is -0.496 e. The van der Waals surface area contributed by atoms with Gasteiger partial charge in [0.25, 0.3) is 11.8 Å². The minimum atomic E-state index is -0.622. The summed E-state index contributed by atoms with van der Waals surface area (Å²) in [5, 5.41) is 10.1. The average Bonchev–Trinajstić information content (AvgIpc) is 3.35. The summed E-state index contributed by atoms with van der Waals surface area (Å²) in [6, 6.07) is 8.57. The van der Waals surface area contributed by atoms with Gasteiger partial charge in [0.05, 0.1) is 12.7 Å². The van der Waals surface area contributed by atoms with E-state index in [1.165, 1.54) is 18.4 Å². The Morgan fingerprint density at radius 2 is 2.12 bits per heavy atom. The van der Waals surface area contributed by atoms with Gasteiger partial charge in [-0.25, -0.2) is 0 Å². The molecule has 3 aromatic rings. The number of amides is 1. The molecule has 0 fully saturated rings. The quantitative estimate of drug-likeness (QED) is 0.634. The summed E-state index contributed by atoms with van der Waals surface area (Å²) in [6.45, 7) is -0.455. The van der Waals surface area contributed by atoms with Crippen molar-refractivity contribution in [2.45, 2.75) is 6.61 Å². The largest absolute Gasteiger partial charge is 0.496 e. The van der Waals surface area contributed by atoms with Crippen molar-refractivity contribution < 1.29 is 23.6 Å². The molecule has 1 aromatic carbocycles. The third-order valence-electron chi connectivity index (χ3n) is 3.35. The molecule has 0 saturated heterocycles. The van der Waals surface area contributed by atoms with Gasteiger partial charge in [-0.1, -0.05) is 17.3 Å². The van der Waals surface area contributed by atoms with Gasteiger partial charge in [0, 0.05) is 10.9 Å². The number of carbonyl (C=O) groups is 2. The van der Waals surface area contributed by atoms with E-state index in [1.54, 1.807) is 24.3 Å². The molecule has 0 spiro atoms. The minimum absolute atomic E-state index is 0.166. The number of para-hydroxylation sites is 1. The number of thiophene rings is 1. The standard InChI is InChI=1S/C17H15N3O5S/c1-23-13-5-3-2-4-12(13)17(22)18-8-15(21)24-9-14-19-16(20-25-14)11-6-7-26-10-11/h2-7,10H,8-9H2,1H3,(H,18,22). The third-order valence-corrected chi connectivity index (χ3v) is 4.03. The van der Waals surface area contributed by atoms with E-state index in [0.717, 1.165) is 5.56 Å². The molecule has 0 bridgehead atoms. The lowest BCUT2D eigenvalue weighted by Gasteiger charge is -2.08. The summed E-state index contributed by atoms with van der Waals surface area (Å²) < 4.78 is 15.2. The predicted octanol–water partition coefficient (Wildman–Crippen LogP) is 2.28. The fraction of sp³-hybridized carbons (Fsp3) is 0.176. The Hall–Kier alpha value is -3.20. The molecule has 9 heteroatoms. The fourth-order valence-corrected chi connectivity index (χ4v) is 2.73. The molecule has 134 valence electrons. The highest BCUT2D eigenvalue weighted by atomic mass is 32.1. The maximum Gasteiger partial charge on any atom is 0.325 e. The van der Waals surface area contributed by atoms with Crippen LogP contribution in [0, 0.1) is 0 Å². The lowest BCUT2D eigenvalue weighted by molar-refractivity contribution is -0.144. The van der Waals surface area contributed by atoms with Crippen LogP contribution in [0.15, 0.2) is 45.6 Å². The molecule has 0 aliphatic rings. The molecular weight excluding hydrogens is 358 g/mol. The first kappa shape index (κ1) is 17.6. The van der Waals surface area contributed by atoms with Gasteiger partial charge in [0.15, 0.2) is 6.61 Å². The Kier molecular flexibility index (Phi) is 5.59.